The van der Waals surface area contributed by atoms with Crippen molar-refractivity contribution in [3.63, 3.8) is 0 Å². The molecule has 1 aliphatic rings. The van der Waals surface area contributed by atoms with Gasteiger partial charge in [-0.25, -0.2) is 0 Å². The van der Waals surface area contributed by atoms with Crippen LogP contribution in [-0.2, 0) is 9.53 Å². The predicted octanol–water partition coefficient (Wildman–Crippen LogP) is 2.82. The van der Waals surface area contributed by atoms with Gasteiger partial charge >= 0.3 is 0 Å². The summed E-state index contributed by atoms with van der Waals surface area (Å²) in [5.74, 6) is 0.825. The second-order valence-corrected chi connectivity index (χ2v) is 6.48. The molecule has 0 spiro atoms. The van der Waals surface area contributed by atoms with Crippen LogP contribution < -0.4 is 15.8 Å². The second-order valence-electron chi connectivity index (χ2n) is 6.07. The minimum Gasteiger partial charge on any atom is -0.492 e. The molecule has 1 aromatic carbocycles. The highest BCUT2D eigenvalue weighted by Crippen LogP contribution is 2.29. The number of anilines is 1. The maximum atomic E-state index is 12.3. The van der Waals surface area contributed by atoms with Crippen molar-refractivity contribution in [2.45, 2.75) is 32.2 Å². The van der Waals surface area contributed by atoms with Crippen LogP contribution in [0.4, 0.5) is 5.69 Å². The van der Waals surface area contributed by atoms with Crippen LogP contribution in [0, 0.1) is 5.92 Å². The number of carbonyl (C=O) groups excluding carboxylic acids is 1. The first kappa shape index (κ1) is 17.1. The molecule has 1 amide bonds. The zero-order valence-corrected chi connectivity index (χ0v) is 13.8. The summed E-state index contributed by atoms with van der Waals surface area (Å²) in [6.07, 6.45) is 1.03. The van der Waals surface area contributed by atoms with Crippen LogP contribution in [0.2, 0.25) is 5.02 Å². The standard InChI is InChI=1S/C16H23ClN2O3/c1-11(2)10-22-14-4-3-12(9-13(14)17)19-15(20)16(18)5-7-21-8-6-16/h3-4,9,11H,5-8,10,18H2,1-2H3,(H,19,20). The number of benzene rings is 1. The number of hydrogen-bond donors (Lipinski definition) is 2. The summed E-state index contributed by atoms with van der Waals surface area (Å²) >= 11 is 6.19. The Kier molecular flexibility index (Phi) is 5.67. The predicted molar refractivity (Wildman–Crippen MR) is 87.4 cm³/mol. The Morgan fingerprint density at radius 2 is 2.14 bits per heavy atom. The van der Waals surface area contributed by atoms with E-state index in [-0.39, 0.29) is 5.91 Å². The first-order chi connectivity index (χ1) is 10.4. The van der Waals surface area contributed by atoms with Crippen molar-refractivity contribution >= 4 is 23.2 Å². The second kappa shape index (κ2) is 7.31. The fourth-order valence-corrected chi connectivity index (χ4v) is 2.41. The quantitative estimate of drug-likeness (QED) is 0.872. The molecule has 0 atom stereocenters. The van der Waals surface area contributed by atoms with Crippen molar-refractivity contribution in [2.24, 2.45) is 11.7 Å². The van der Waals surface area contributed by atoms with Gasteiger partial charge in [0.05, 0.1) is 11.6 Å². The number of nitrogens with one attached hydrogen (secondary N) is 1. The van der Waals surface area contributed by atoms with Crippen LogP contribution in [0.5, 0.6) is 5.75 Å². The topological polar surface area (TPSA) is 73.6 Å². The van der Waals surface area contributed by atoms with Crippen LogP contribution in [0.15, 0.2) is 18.2 Å². The molecule has 1 aliphatic heterocycles. The van der Waals surface area contributed by atoms with E-state index in [2.05, 4.69) is 19.2 Å². The fourth-order valence-electron chi connectivity index (χ4n) is 2.17. The summed E-state index contributed by atoms with van der Waals surface area (Å²) < 4.78 is 10.9. The summed E-state index contributed by atoms with van der Waals surface area (Å²) in [6.45, 7) is 5.74. The van der Waals surface area contributed by atoms with E-state index in [0.29, 0.717) is 55.0 Å². The Hall–Kier alpha value is -1.30. The largest absolute Gasteiger partial charge is 0.492 e. The molecule has 5 nitrogen and oxygen atoms in total. The Labute approximate surface area is 136 Å². The number of carbonyl (C=O) groups is 1. The van der Waals surface area contributed by atoms with Crippen molar-refractivity contribution in [1.29, 1.82) is 0 Å². The molecule has 1 fully saturated rings. The molecule has 0 bridgehead atoms. The maximum absolute atomic E-state index is 12.3. The number of amides is 1. The average Bonchev–Trinajstić information content (AvgIpc) is 2.47. The zero-order chi connectivity index (χ0) is 16.2. The number of hydrogen-bond acceptors (Lipinski definition) is 4. The Morgan fingerprint density at radius 1 is 1.45 bits per heavy atom. The Morgan fingerprint density at radius 3 is 2.73 bits per heavy atom. The first-order valence-corrected chi connectivity index (χ1v) is 7.89. The van der Waals surface area contributed by atoms with E-state index in [9.17, 15) is 4.79 Å². The van der Waals surface area contributed by atoms with E-state index < -0.39 is 5.54 Å². The molecule has 1 aromatic rings. The molecule has 1 saturated heterocycles. The van der Waals surface area contributed by atoms with Crippen LogP contribution >= 0.6 is 11.6 Å². The van der Waals surface area contributed by atoms with Crippen molar-refractivity contribution in [3.8, 4) is 5.75 Å². The Balaban J connectivity index is 2.01. The van der Waals surface area contributed by atoms with Gasteiger partial charge in [-0.05, 0) is 37.0 Å². The van der Waals surface area contributed by atoms with Crippen LogP contribution in [-0.4, -0.2) is 31.3 Å². The van der Waals surface area contributed by atoms with Gasteiger partial charge in [-0.1, -0.05) is 25.4 Å². The van der Waals surface area contributed by atoms with Gasteiger partial charge in [0.25, 0.3) is 0 Å². The lowest BCUT2D eigenvalue weighted by Crippen LogP contribution is -2.54. The number of rotatable bonds is 5. The van der Waals surface area contributed by atoms with Gasteiger partial charge in [-0.2, -0.15) is 0 Å². The molecule has 3 N–H and O–H groups in total. The molecule has 0 aromatic heterocycles. The van der Waals surface area contributed by atoms with Crippen LogP contribution in [0.25, 0.3) is 0 Å². The molecule has 122 valence electrons. The SMILES string of the molecule is CC(C)COc1ccc(NC(=O)C2(N)CCOCC2)cc1Cl. The van der Waals surface area contributed by atoms with E-state index in [0.717, 1.165) is 0 Å². The lowest BCUT2D eigenvalue weighted by atomic mass is 9.90. The number of ether oxygens (including phenoxy) is 2. The molecule has 0 saturated carbocycles. The monoisotopic (exact) mass is 326 g/mol. The molecule has 1 heterocycles. The molecule has 0 radical (unpaired) electrons. The summed E-state index contributed by atoms with van der Waals surface area (Å²) in [4.78, 5) is 12.3. The van der Waals surface area contributed by atoms with Crippen molar-refractivity contribution < 1.29 is 14.3 Å². The van der Waals surface area contributed by atoms with Gasteiger partial charge in [0, 0.05) is 18.9 Å². The van der Waals surface area contributed by atoms with E-state index in [1.807, 2.05) is 0 Å². The summed E-state index contributed by atoms with van der Waals surface area (Å²) in [5, 5.41) is 3.29. The highest BCUT2D eigenvalue weighted by Gasteiger charge is 2.35. The zero-order valence-electron chi connectivity index (χ0n) is 13.0. The van der Waals surface area contributed by atoms with E-state index in [4.69, 9.17) is 26.8 Å². The maximum Gasteiger partial charge on any atom is 0.244 e. The number of halogens is 1. The molecular formula is C16H23ClN2O3. The van der Waals surface area contributed by atoms with Crippen molar-refractivity contribution in [1.82, 2.24) is 0 Å². The smallest absolute Gasteiger partial charge is 0.244 e. The van der Waals surface area contributed by atoms with Gasteiger partial charge < -0.3 is 20.5 Å². The van der Waals surface area contributed by atoms with Gasteiger partial charge in [0.2, 0.25) is 5.91 Å². The third-order valence-electron chi connectivity index (χ3n) is 3.60. The minimum atomic E-state index is -0.877. The van der Waals surface area contributed by atoms with E-state index in [1.54, 1.807) is 18.2 Å². The number of nitrogens with two attached hydrogens (primary N) is 1. The molecule has 2 rings (SSSR count). The molecule has 6 heteroatoms. The fraction of sp³-hybridized carbons (Fsp3) is 0.562. The molecule has 0 unspecified atom stereocenters. The summed E-state index contributed by atoms with van der Waals surface area (Å²) in [6, 6.07) is 5.20. The molecule has 22 heavy (non-hydrogen) atoms. The highest BCUT2D eigenvalue weighted by molar-refractivity contribution is 6.32. The van der Waals surface area contributed by atoms with Gasteiger partial charge in [-0.3, -0.25) is 4.79 Å². The normalized spacial score (nSPS) is 17.3. The van der Waals surface area contributed by atoms with E-state index in [1.165, 1.54) is 0 Å². The van der Waals surface area contributed by atoms with E-state index >= 15 is 0 Å². The summed E-state index contributed by atoms with van der Waals surface area (Å²) in [7, 11) is 0. The minimum absolute atomic E-state index is 0.206. The Bertz CT molecular complexity index is 528. The average molecular weight is 327 g/mol. The lowest BCUT2D eigenvalue weighted by Gasteiger charge is -2.31. The molecule has 0 aliphatic carbocycles. The molecular weight excluding hydrogens is 304 g/mol. The summed E-state index contributed by atoms with van der Waals surface area (Å²) in [5.41, 5.74) is 5.89. The lowest BCUT2D eigenvalue weighted by molar-refractivity contribution is -0.124. The third kappa shape index (κ3) is 4.35. The van der Waals surface area contributed by atoms with Gasteiger partial charge in [0.1, 0.15) is 11.3 Å². The van der Waals surface area contributed by atoms with Crippen LogP contribution in [0.1, 0.15) is 26.7 Å². The highest BCUT2D eigenvalue weighted by atomic mass is 35.5. The van der Waals surface area contributed by atoms with Crippen LogP contribution in [0.3, 0.4) is 0 Å². The third-order valence-corrected chi connectivity index (χ3v) is 3.89. The first-order valence-electron chi connectivity index (χ1n) is 7.51. The van der Waals surface area contributed by atoms with Gasteiger partial charge in [0.15, 0.2) is 0 Å². The van der Waals surface area contributed by atoms with Crippen molar-refractivity contribution in [2.75, 3.05) is 25.1 Å². The van der Waals surface area contributed by atoms with Crippen molar-refractivity contribution in [3.05, 3.63) is 23.2 Å². The van der Waals surface area contributed by atoms with Gasteiger partial charge in [-0.15, -0.1) is 0 Å².